The Bertz CT molecular complexity index is 1300. The van der Waals surface area contributed by atoms with Crippen LogP contribution >= 0.6 is 35.8 Å². The molecular weight excluding hydrogens is 421 g/mol. The van der Waals surface area contributed by atoms with Crippen molar-refractivity contribution in [1.82, 2.24) is 4.98 Å². The maximum absolute atomic E-state index is 12.7. The molecule has 4 rings (SSSR count). The predicted molar refractivity (Wildman–Crippen MR) is 112 cm³/mol. The van der Waals surface area contributed by atoms with E-state index in [1.807, 2.05) is 0 Å². The van der Waals surface area contributed by atoms with Crippen LogP contribution in [0.15, 0.2) is 62.9 Å². The Balaban J connectivity index is 2.15. The Labute approximate surface area is 174 Å². The number of nitrogens with zero attached hydrogens (tertiary/aromatic N) is 1. The van der Waals surface area contributed by atoms with Crippen molar-refractivity contribution in [3.05, 3.63) is 68.9 Å². The number of halogens is 2. The number of aromatic hydroxyl groups is 2. The van der Waals surface area contributed by atoms with E-state index >= 15 is 0 Å². The fourth-order valence-corrected chi connectivity index (χ4v) is 3.59. The molecule has 8 heteroatoms. The molecule has 0 saturated carbocycles. The molecule has 0 atom stereocenters. The summed E-state index contributed by atoms with van der Waals surface area (Å²) in [6, 6.07) is 10.7. The average Bonchev–Trinajstić information content (AvgIpc) is 2.64. The molecule has 0 spiro atoms. The van der Waals surface area contributed by atoms with Crippen molar-refractivity contribution in [1.29, 1.82) is 0 Å². The third kappa shape index (κ3) is 3.09. The van der Waals surface area contributed by atoms with Crippen molar-refractivity contribution < 1.29 is 14.6 Å². The van der Waals surface area contributed by atoms with Gasteiger partial charge in [-0.3, -0.25) is 4.79 Å². The van der Waals surface area contributed by atoms with E-state index in [9.17, 15) is 15.0 Å². The Kier molecular flexibility index (Phi) is 4.71. The molecule has 0 aliphatic heterocycles. The number of phenolic OH excluding ortho intramolecular Hbond substituents is 2. The van der Waals surface area contributed by atoms with Gasteiger partial charge in [-0.05, 0) is 18.2 Å². The smallest absolute Gasteiger partial charge is 0.197 e. The molecule has 2 heterocycles. The van der Waals surface area contributed by atoms with E-state index in [0.29, 0.717) is 21.2 Å². The minimum atomic E-state index is -0.494. The zero-order valence-corrected chi connectivity index (χ0v) is 16.4. The fraction of sp³-hybridized carbons (Fsp3) is 0. The zero-order valence-electron chi connectivity index (χ0n) is 14.0. The van der Waals surface area contributed by atoms with Crippen molar-refractivity contribution in [2.75, 3.05) is 0 Å². The zero-order chi connectivity index (χ0) is 20.0. The van der Waals surface area contributed by atoms with Gasteiger partial charge in [0.2, 0.25) is 0 Å². The average molecular weight is 432 g/mol. The summed E-state index contributed by atoms with van der Waals surface area (Å²) < 4.78 is 5.94. The Morgan fingerprint density at radius 3 is 2.46 bits per heavy atom. The third-order valence-electron chi connectivity index (χ3n) is 4.21. The lowest BCUT2D eigenvalue weighted by molar-refractivity contribution is 0.453. The van der Waals surface area contributed by atoms with Gasteiger partial charge in [0.1, 0.15) is 22.6 Å². The first-order valence-electron chi connectivity index (χ1n) is 7.99. The summed E-state index contributed by atoms with van der Waals surface area (Å²) in [7, 11) is 0. The van der Waals surface area contributed by atoms with Crippen LogP contribution in [0.1, 0.15) is 0 Å². The molecule has 0 amide bonds. The predicted octanol–water partition coefficient (Wildman–Crippen LogP) is 5.53. The SMILES string of the molecule is O=c1cc(-c2ccccc2Cl)oc2c(-c3cc(S)ncc3Cl)c(O)cc(O)c12. The Morgan fingerprint density at radius 2 is 1.71 bits per heavy atom. The van der Waals surface area contributed by atoms with E-state index in [-0.39, 0.29) is 33.1 Å². The van der Waals surface area contributed by atoms with E-state index in [1.54, 1.807) is 24.3 Å². The summed E-state index contributed by atoms with van der Waals surface area (Å²) in [6.45, 7) is 0. The second-order valence-electron chi connectivity index (χ2n) is 5.97. The Hall–Kier alpha value is -2.67. The molecule has 0 aliphatic carbocycles. The molecule has 4 aromatic rings. The molecule has 28 heavy (non-hydrogen) atoms. The molecule has 0 radical (unpaired) electrons. The van der Waals surface area contributed by atoms with E-state index in [2.05, 4.69) is 17.6 Å². The number of phenols is 2. The van der Waals surface area contributed by atoms with Gasteiger partial charge in [0.05, 0.1) is 20.6 Å². The summed E-state index contributed by atoms with van der Waals surface area (Å²) in [4.78, 5) is 16.7. The molecule has 140 valence electrons. The highest BCUT2D eigenvalue weighted by atomic mass is 35.5. The van der Waals surface area contributed by atoms with Crippen LogP contribution in [0, 0.1) is 0 Å². The van der Waals surface area contributed by atoms with E-state index < -0.39 is 11.2 Å². The lowest BCUT2D eigenvalue weighted by Gasteiger charge is -2.13. The van der Waals surface area contributed by atoms with Crippen LogP contribution in [0.25, 0.3) is 33.4 Å². The van der Waals surface area contributed by atoms with Crippen molar-refractivity contribution in [2.45, 2.75) is 5.03 Å². The minimum absolute atomic E-state index is 0.0271. The van der Waals surface area contributed by atoms with Crippen LogP contribution in [0.5, 0.6) is 11.5 Å². The molecule has 0 fully saturated rings. The lowest BCUT2D eigenvalue weighted by Crippen LogP contribution is -2.02. The number of hydrogen-bond donors (Lipinski definition) is 3. The second-order valence-corrected chi connectivity index (χ2v) is 7.24. The number of rotatable bonds is 2. The molecule has 5 nitrogen and oxygen atoms in total. The van der Waals surface area contributed by atoms with Crippen LogP contribution in [-0.2, 0) is 0 Å². The van der Waals surface area contributed by atoms with Crippen LogP contribution < -0.4 is 5.43 Å². The largest absolute Gasteiger partial charge is 0.507 e. The highest BCUT2D eigenvalue weighted by Crippen LogP contribution is 2.44. The first kappa shape index (κ1) is 18.7. The van der Waals surface area contributed by atoms with Gasteiger partial charge >= 0.3 is 0 Å². The summed E-state index contributed by atoms with van der Waals surface area (Å²) in [5, 5.41) is 21.6. The highest BCUT2D eigenvalue weighted by Gasteiger charge is 2.22. The maximum Gasteiger partial charge on any atom is 0.197 e. The maximum atomic E-state index is 12.7. The van der Waals surface area contributed by atoms with Crippen molar-refractivity contribution >= 4 is 46.8 Å². The quantitative estimate of drug-likeness (QED) is 0.363. The second kappa shape index (κ2) is 7.05. The van der Waals surface area contributed by atoms with E-state index in [4.69, 9.17) is 27.6 Å². The summed E-state index contributed by atoms with van der Waals surface area (Å²) in [5.74, 6) is -0.539. The van der Waals surface area contributed by atoms with Crippen LogP contribution in [0.4, 0.5) is 0 Å². The highest BCUT2D eigenvalue weighted by molar-refractivity contribution is 7.80. The molecule has 2 N–H and O–H groups in total. The van der Waals surface area contributed by atoms with Gasteiger partial charge < -0.3 is 14.6 Å². The van der Waals surface area contributed by atoms with Gasteiger partial charge in [-0.25, -0.2) is 4.98 Å². The monoisotopic (exact) mass is 431 g/mol. The molecule has 2 aromatic carbocycles. The normalized spacial score (nSPS) is 11.1. The van der Waals surface area contributed by atoms with E-state index in [1.165, 1.54) is 18.3 Å². The Morgan fingerprint density at radius 1 is 0.964 bits per heavy atom. The standard InChI is InChI=1S/C20H11Cl2NO4S/c21-11-4-2-1-3-9(11)16-7-15(26)19-14(25)6-13(24)18(20(19)27-16)10-5-17(28)23-8-12(10)22/h1-8,24-25H,(H,23,28). The molecule has 0 aliphatic rings. The fourth-order valence-electron chi connectivity index (χ4n) is 2.98. The summed E-state index contributed by atoms with van der Waals surface area (Å²) in [6.07, 6.45) is 1.37. The van der Waals surface area contributed by atoms with Gasteiger partial charge in [0.25, 0.3) is 0 Å². The van der Waals surface area contributed by atoms with Gasteiger partial charge in [0, 0.05) is 29.5 Å². The number of benzene rings is 2. The first-order chi connectivity index (χ1) is 13.4. The van der Waals surface area contributed by atoms with Crippen LogP contribution in [0.2, 0.25) is 10.0 Å². The summed E-state index contributed by atoms with van der Waals surface area (Å²) in [5.41, 5.74) is 0.463. The van der Waals surface area contributed by atoms with Gasteiger partial charge in [-0.2, -0.15) is 0 Å². The van der Waals surface area contributed by atoms with Crippen molar-refractivity contribution in [3.8, 4) is 33.9 Å². The number of aromatic nitrogens is 1. The van der Waals surface area contributed by atoms with Crippen LogP contribution in [0.3, 0.4) is 0 Å². The summed E-state index contributed by atoms with van der Waals surface area (Å²) >= 11 is 16.7. The third-order valence-corrected chi connectivity index (χ3v) is 5.09. The molecule has 0 unspecified atom stereocenters. The van der Waals surface area contributed by atoms with Crippen molar-refractivity contribution in [2.24, 2.45) is 0 Å². The molecule has 2 aromatic heterocycles. The topological polar surface area (TPSA) is 83.6 Å². The van der Waals surface area contributed by atoms with Gasteiger partial charge in [-0.15, -0.1) is 12.6 Å². The van der Waals surface area contributed by atoms with Gasteiger partial charge in [-0.1, -0.05) is 35.3 Å². The molecule has 0 saturated heterocycles. The van der Waals surface area contributed by atoms with Gasteiger partial charge in [0.15, 0.2) is 11.0 Å². The number of thiol groups is 1. The number of fused-ring (bicyclic) bond motifs is 1. The molecular formula is C20H11Cl2NO4S. The first-order valence-corrected chi connectivity index (χ1v) is 9.19. The van der Waals surface area contributed by atoms with Crippen molar-refractivity contribution in [3.63, 3.8) is 0 Å². The number of hydrogen-bond acceptors (Lipinski definition) is 6. The lowest BCUT2D eigenvalue weighted by atomic mass is 10.0. The number of pyridine rings is 1. The molecule has 0 bridgehead atoms. The minimum Gasteiger partial charge on any atom is -0.507 e. The van der Waals surface area contributed by atoms with Crippen LogP contribution in [-0.4, -0.2) is 15.2 Å². The van der Waals surface area contributed by atoms with E-state index in [0.717, 1.165) is 6.07 Å².